The largest absolute Gasteiger partial charge is 0.491 e. The van der Waals surface area contributed by atoms with Crippen molar-refractivity contribution in [3.05, 3.63) is 64.2 Å². The maximum Gasteiger partial charge on any atom is 0.127 e. The van der Waals surface area contributed by atoms with Crippen molar-refractivity contribution in [3.8, 4) is 5.75 Å². The monoisotopic (exact) mass is 449 g/mol. The third-order valence-electron chi connectivity index (χ3n) is 7.48. The van der Waals surface area contributed by atoms with Crippen LogP contribution in [0.3, 0.4) is 0 Å². The molecule has 0 amide bonds. The summed E-state index contributed by atoms with van der Waals surface area (Å²) in [4.78, 5) is 14.1. The van der Waals surface area contributed by atoms with Crippen molar-refractivity contribution in [2.24, 2.45) is 5.92 Å². The van der Waals surface area contributed by atoms with Crippen molar-refractivity contribution >= 4 is 6.29 Å². The zero-order valence-electron chi connectivity index (χ0n) is 20.4. The Morgan fingerprint density at radius 2 is 1.85 bits per heavy atom. The zero-order chi connectivity index (χ0) is 23.0. The van der Waals surface area contributed by atoms with Gasteiger partial charge in [0.2, 0.25) is 0 Å². The molecule has 1 aliphatic heterocycles. The summed E-state index contributed by atoms with van der Waals surface area (Å²) in [5, 5.41) is 0. The van der Waals surface area contributed by atoms with Gasteiger partial charge in [-0.2, -0.15) is 0 Å². The van der Waals surface area contributed by atoms with Gasteiger partial charge in [0.05, 0.1) is 6.61 Å². The van der Waals surface area contributed by atoms with Crippen LogP contribution in [0, 0.1) is 12.8 Å². The lowest BCUT2D eigenvalue weighted by molar-refractivity contribution is -0.109. The molecular weight excluding hydrogens is 410 g/mol. The van der Waals surface area contributed by atoms with Gasteiger partial charge in [-0.05, 0) is 105 Å². The Morgan fingerprint density at radius 1 is 1.03 bits per heavy atom. The van der Waals surface area contributed by atoms with Gasteiger partial charge >= 0.3 is 0 Å². The van der Waals surface area contributed by atoms with Gasteiger partial charge in [0.25, 0.3) is 0 Å². The average Bonchev–Trinajstić information content (AvgIpc) is 2.85. The van der Waals surface area contributed by atoms with Crippen LogP contribution in [-0.2, 0) is 28.8 Å². The first kappa shape index (κ1) is 24.0. The maximum atomic E-state index is 11.5. The fourth-order valence-electron chi connectivity index (χ4n) is 5.38. The molecule has 0 N–H and O–H groups in total. The minimum atomic E-state index is 0.108. The number of rotatable bonds is 10. The summed E-state index contributed by atoms with van der Waals surface area (Å²) in [6, 6.07) is 13.5. The number of hydrogen-bond acceptors (Lipinski definition) is 4. The topological polar surface area (TPSA) is 38.8 Å². The highest BCUT2D eigenvalue weighted by atomic mass is 16.5. The van der Waals surface area contributed by atoms with E-state index in [0.717, 1.165) is 56.6 Å². The molecule has 4 nitrogen and oxygen atoms in total. The van der Waals surface area contributed by atoms with E-state index in [1.807, 2.05) is 0 Å². The molecule has 2 aliphatic rings. The molecule has 1 aliphatic carbocycles. The van der Waals surface area contributed by atoms with E-state index in [1.165, 1.54) is 53.7 Å². The van der Waals surface area contributed by atoms with Crippen molar-refractivity contribution < 1.29 is 14.3 Å². The Balaban J connectivity index is 1.24. The Labute approximate surface area is 199 Å². The lowest BCUT2D eigenvalue weighted by Gasteiger charge is -2.32. The van der Waals surface area contributed by atoms with E-state index >= 15 is 0 Å². The standard InChI is InChI=1S/C29H39NO3/c1-22-6-7-25(20-29(22)33-17-16-32-2)18-24-11-14-30(15-12-24)13-10-23-8-9-26-4-3-5-27(21-31)28(26)19-23/h6-9,19-21,24,27H,3-5,10-18H2,1-2H3. The van der Waals surface area contributed by atoms with Gasteiger partial charge in [-0.15, -0.1) is 0 Å². The van der Waals surface area contributed by atoms with E-state index in [-0.39, 0.29) is 5.92 Å². The fourth-order valence-corrected chi connectivity index (χ4v) is 5.38. The molecule has 0 radical (unpaired) electrons. The maximum absolute atomic E-state index is 11.5. The molecule has 1 heterocycles. The molecule has 1 saturated heterocycles. The first-order valence-electron chi connectivity index (χ1n) is 12.7. The van der Waals surface area contributed by atoms with Crippen LogP contribution in [0.5, 0.6) is 5.75 Å². The molecule has 4 heteroatoms. The molecule has 4 rings (SSSR count). The summed E-state index contributed by atoms with van der Waals surface area (Å²) < 4.78 is 11.0. The van der Waals surface area contributed by atoms with Gasteiger partial charge in [-0.25, -0.2) is 0 Å². The second-order valence-corrected chi connectivity index (χ2v) is 9.85. The molecule has 1 atom stereocenters. The van der Waals surface area contributed by atoms with E-state index < -0.39 is 0 Å². The van der Waals surface area contributed by atoms with Crippen LogP contribution >= 0.6 is 0 Å². The number of nitrogens with zero attached hydrogens (tertiary/aromatic N) is 1. The molecule has 0 aromatic heterocycles. The van der Waals surface area contributed by atoms with E-state index in [9.17, 15) is 4.79 Å². The lowest BCUT2D eigenvalue weighted by Crippen LogP contribution is -2.35. The Hall–Kier alpha value is -2.17. The molecule has 2 aromatic carbocycles. The first-order valence-corrected chi connectivity index (χ1v) is 12.7. The number of carbonyl (C=O) groups excluding carboxylic acids is 1. The average molecular weight is 450 g/mol. The minimum Gasteiger partial charge on any atom is -0.491 e. The zero-order valence-corrected chi connectivity index (χ0v) is 20.4. The summed E-state index contributed by atoms with van der Waals surface area (Å²) in [6.07, 6.45) is 9.13. The van der Waals surface area contributed by atoms with E-state index in [0.29, 0.717) is 13.2 Å². The number of piperidine rings is 1. The molecule has 33 heavy (non-hydrogen) atoms. The fraction of sp³-hybridized carbons (Fsp3) is 0.552. The van der Waals surface area contributed by atoms with Gasteiger partial charge in [0.1, 0.15) is 18.6 Å². The van der Waals surface area contributed by atoms with Crippen LogP contribution < -0.4 is 4.74 Å². The highest BCUT2D eigenvalue weighted by Crippen LogP contribution is 2.31. The number of aldehydes is 1. The van der Waals surface area contributed by atoms with Crippen LogP contribution in [0.15, 0.2) is 36.4 Å². The number of benzene rings is 2. The highest BCUT2D eigenvalue weighted by Gasteiger charge is 2.22. The van der Waals surface area contributed by atoms with Crippen LogP contribution in [0.4, 0.5) is 0 Å². The Morgan fingerprint density at radius 3 is 2.64 bits per heavy atom. The van der Waals surface area contributed by atoms with E-state index in [1.54, 1.807) is 7.11 Å². The molecule has 1 unspecified atom stereocenters. The van der Waals surface area contributed by atoms with Crippen LogP contribution in [0.2, 0.25) is 0 Å². The number of fused-ring (bicyclic) bond motifs is 1. The summed E-state index contributed by atoms with van der Waals surface area (Å²) in [5.41, 5.74) is 6.62. The van der Waals surface area contributed by atoms with Gasteiger partial charge in [0, 0.05) is 19.6 Å². The minimum absolute atomic E-state index is 0.108. The van der Waals surface area contributed by atoms with Gasteiger partial charge in [-0.1, -0.05) is 30.3 Å². The number of ether oxygens (including phenoxy) is 2. The summed E-state index contributed by atoms with van der Waals surface area (Å²) in [6.45, 7) is 6.78. The number of likely N-dealkylation sites (tertiary alicyclic amines) is 1. The Bertz CT molecular complexity index is 917. The van der Waals surface area contributed by atoms with Crippen molar-refractivity contribution in [2.45, 2.75) is 57.8 Å². The normalized spacial score (nSPS) is 19.3. The molecule has 1 fully saturated rings. The Kier molecular flexibility index (Phi) is 8.57. The highest BCUT2D eigenvalue weighted by molar-refractivity contribution is 5.64. The second-order valence-electron chi connectivity index (χ2n) is 9.85. The van der Waals surface area contributed by atoms with Crippen LogP contribution in [0.1, 0.15) is 59.4 Å². The van der Waals surface area contributed by atoms with Crippen molar-refractivity contribution in [1.82, 2.24) is 4.90 Å². The summed E-state index contributed by atoms with van der Waals surface area (Å²) >= 11 is 0. The number of hydrogen-bond donors (Lipinski definition) is 0. The summed E-state index contributed by atoms with van der Waals surface area (Å²) in [5.74, 6) is 1.84. The van der Waals surface area contributed by atoms with Gasteiger partial charge in [-0.3, -0.25) is 0 Å². The van der Waals surface area contributed by atoms with Gasteiger partial charge in [0.15, 0.2) is 0 Å². The number of methoxy groups -OCH3 is 1. The molecule has 178 valence electrons. The predicted molar refractivity (Wildman–Crippen MR) is 133 cm³/mol. The first-order chi connectivity index (χ1) is 16.2. The molecule has 2 aromatic rings. The van der Waals surface area contributed by atoms with Crippen molar-refractivity contribution in [3.63, 3.8) is 0 Å². The molecule has 0 saturated carbocycles. The van der Waals surface area contributed by atoms with Gasteiger partial charge < -0.3 is 19.2 Å². The van der Waals surface area contributed by atoms with E-state index in [4.69, 9.17) is 9.47 Å². The van der Waals surface area contributed by atoms with Crippen molar-refractivity contribution in [2.75, 3.05) is 40.0 Å². The summed E-state index contributed by atoms with van der Waals surface area (Å²) in [7, 11) is 1.70. The van der Waals surface area contributed by atoms with Crippen molar-refractivity contribution in [1.29, 1.82) is 0 Å². The SMILES string of the molecule is COCCOc1cc(CC2CCN(CCc3ccc4c(c3)C(C=O)CCC4)CC2)ccc1C. The molecule has 0 bridgehead atoms. The van der Waals surface area contributed by atoms with Crippen LogP contribution in [-0.4, -0.2) is 51.1 Å². The second kappa shape index (κ2) is 11.8. The third kappa shape index (κ3) is 6.45. The predicted octanol–water partition coefficient (Wildman–Crippen LogP) is 5.14. The smallest absolute Gasteiger partial charge is 0.127 e. The molecular formula is C29H39NO3. The van der Waals surface area contributed by atoms with E-state index in [2.05, 4.69) is 48.2 Å². The molecule has 0 spiro atoms. The third-order valence-corrected chi connectivity index (χ3v) is 7.48. The number of carbonyl (C=O) groups is 1. The quantitative estimate of drug-likeness (QED) is 0.372. The lowest BCUT2D eigenvalue weighted by atomic mass is 9.82. The van der Waals surface area contributed by atoms with Crippen LogP contribution in [0.25, 0.3) is 0 Å². The number of aryl methyl sites for hydroxylation is 2.